The number of tetrazole rings is 1. The molecule has 0 aliphatic rings. The van der Waals surface area contributed by atoms with E-state index in [-0.39, 0.29) is 17.1 Å². The fraction of sp³-hybridized carbons (Fsp3) is 0.462. The van der Waals surface area contributed by atoms with Gasteiger partial charge in [-0.2, -0.15) is 0 Å². The number of nitrogens with one attached hydrogen (secondary N) is 1. The number of pyridine rings is 1. The van der Waals surface area contributed by atoms with Crippen molar-refractivity contribution in [3.05, 3.63) is 73.5 Å². The molecule has 0 aliphatic carbocycles. The normalized spacial score (nSPS) is 13.1. The predicted molar refractivity (Wildman–Crippen MR) is 138 cm³/mol. The highest BCUT2D eigenvalue weighted by atomic mass is 32.1. The fourth-order valence-electron chi connectivity index (χ4n) is 4.52. The first-order valence-corrected chi connectivity index (χ1v) is 12.8. The Bertz CT molecular complexity index is 1320. The van der Waals surface area contributed by atoms with Gasteiger partial charge in [0.25, 0.3) is 5.56 Å². The quantitative estimate of drug-likeness (QED) is 0.344. The van der Waals surface area contributed by atoms with Gasteiger partial charge in [-0.25, -0.2) is 4.68 Å². The lowest BCUT2D eigenvalue weighted by molar-refractivity contribution is 0.152. The van der Waals surface area contributed by atoms with E-state index in [0.29, 0.717) is 6.54 Å². The topological polar surface area (TPSA) is 79.7 Å². The lowest BCUT2D eigenvalue weighted by Gasteiger charge is -2.32. The molecule has 0 saturated carbocycles. The second kappa shape index (κ2) is 9.80. The number of benzene rings is 1. The van der Waals surface area contributed by atoms with Gasteiger partial charge in [-0.3, -0.25) is 9.69 Å². The molecule has 7 nitrogen and oxygen atoms in total. The summed E-state index contributed by atoms with van der Waals surface area (Å²) < 4.78 is 1.96. The van der Waals surface area contributed by atoms with Crippen molar-refractivity contribution >= 4 is 22.2 Å². The van der Waals surface area contributed by atoms with Crippen LogP contribution >= 0.6 is 11.3 Å². The van der Waals surface area contributed by atoms with Crippen molar-refractivity contribution in [1.29, 1.82) is 0 Å². The maximum absolute atomic E-state index is 13.1. The summed E-state index contributed by atoms with van der Waals surface area (Å²) in [6, 6.07) is 10.4. The summed E-state index contributed by atoms with van der Waals surface area (Å²) >= 11 is 1.73. The lowest BCUT2D eigenvalue weighted by Crippen LogP contribution is -2.36. The van der Waals surface area contributed by atoms with E-state index in [2.05, 4.69) is 96.6 Å². The first-order valence-electron chi connectivity index (χ1n) is 11.9. The third kappa shape index (κ3) is 4.83. The molecule has 8 heteroatoms. The first kappa shape index (κ1) is 24.3. The molecule has 1 N–H and O–H groups in total. The van der Waals surface area contributed by atoms with Crippen LogP contribution in [0.5, 0.6) is 0 Å². The highest BCUT2D eigenvalue weighted by Crippen LogP contribution is 2.31. The fourth-order valence-corrected chi connectivity index (χ4v) is 5.25. The Morgan fingerprint density at radius 3 is 2.65 bits per heavy atom. The predicted octanol–water partition coefficient (Wildman–Crippen LogP) is 5.49. The van der Waals surface area contributed by atoms with Crippen LogP contribution in [-0.2, 0) is 18.6 Å². The minimum absolute atomic E-state index is 0.0304. The van der Waals surface area contributed by atoms with Gasteiger partial charge < -0.3 is 4.98 Å². The smallest absolute Gasteiger partial charge is 0.252 e. The van der Waals surface area contributed by atoms with E-state index in [1.54, 1.807) is 11.3 Å². The molecule has 3 aromatic heterocycles. The van der Waals surface area contributed by atoms with Gasteiger partial charge in [0, 0.05) is 34.4 Å². The van der Waals surface area contributed by atoms with Gasteiger partial charge in [0.2, 0.25) is 0 Å². The molecule has 4 aromatic rings. The Morgan fingerprint density at radius 2 is 1.97 bits per heavy atom. The molecule has 4 rings (SSSR count). The molecule has 3 heterocycles. The van der Waals surface area contributed by atoms with Gasteiger partial charge in [0.15, 0.2) is 5.82 Å². The molecule has 1 atom stereocenters. The van der Waals surface area contributed by atoms with Crippen molar-refractivity contribution in [3.63, 3.8) is 0 Å². The first-order chi connectivity index (χ1) is 16.2. The molecule has 34 heavy (non-hydrogen) atoms. The molecular formula is C26H34N6OS. The Hall–Kier alpha value is -2.84. The van der Waals surface area contributed by atoms with Crippen molar-refractivity contribution in [1.82, 2.24) is 30.1 Å². The molecule has 0 bridgehead atoms. The van der Waals surface area contributed by atoms with Gasteiger partial charge in [0.05, 0.1) is 11.6 Å². The molecule has 0 unspecified atom stereocenters. The Balaban J connectivity index is 1.78. The highest BCUT2D eigenvalue weighted by Gasteiger charge is 2.31. The summed E-state index contributed by atoms with van der Waals surface area (Å²) in [5.41, 5.74) is 3.70. The van der Waals surface area contributed by atoms with Crippen LogP contribution in [0, 0.1) is 13.8 Å². The summed E-state index contributed by atoms with van der Waals surface area (Å²) in [5, 5.41) is 16.0. The number of H-pyrrole nitrogens is 1. The Labute approximate surface area is 204 Å². The van der Waals surface area contributed by atoms with E-state index in [1.807, 2.05) is 10.7 Å². The number of hydrogen-bond acceptors (Lipinski definition) is 6. The van der Waals surface area contributed by atoms with Gasteiger partial charge in [-0.1, -0.05) is 26.0 Å². The number of rotatable bonds is 9. The SMILES string of the molecule is CC[C@H](c1nnnn1C(C)(C)CC)N(Cc1cccs1)Cc1cc2c(C)cc(C)cc2[nH]c1=O. The van der Waals surface area contributed by atoms with Crippen molar-refractivity contribution < 1.29 is 0 Å². The number of nitrogens with zero attached hydrogens (tertiary/aromatic N) is 5. The van der Waals surface area contributed by atoms with Crippen molar-refractivity contribution in [2.24, 2.45) is 0 Å². The molecule has 0 radical (unpaired) electrons. The summed E-state index contributed by atoms with van der Waals surface area (Å²) in [6.45, 7) is 14.0. The summed E-state index contributed by atoms with van der Waals surface area (Å²) in [4.78, 5) is 19.8. The average Bonchev–Trinajstić information content (AvgIpc) is 3.48. The second-order valence-electron chi connectivity index (χ2n) is 9.69. The summed E-state index contributed by atoms with van der Waals surface area (Å²) in [7, 11) is 0. The zero-order valence-corrected chi connectivity index (χ0v) is 21.7. The molecule has 0 saturated heterocycles. The molecule has 0 fully saturated rings. The number of fused-ring (bicyclic) bond motifs is 1. The third-order valence-electron chi connectivity index (χ3n) is 6.76. The van der Waals surface area contributed by atoms with Crippen LogP contribution in [0.25, 0.3) is 10.9 Å². The monoisotopic (exact) mass is 478 g/mol. The largest absolute Gasteiger partial charge is 0.322 e. The minimum Gasteiger partial charge on any atom is -0.322 e. The van der Waals surface area contributed by atoms with E-state index >= 15 is 0 Å². The molecule has 0 aliphatic heterocycles. The molecular weight excluding hydrogens is 444 g/mol. The number of aromatic nitrogens is 5. The maximum atomic E-state index is 13.1. The average molecular weight is 479 g/mol. The zero-order chi connectivity index (χ0) is 24.5. The van der Waals surface area contributed by atoms with Gasteiger partial charge in [0.1, 0.15) is 0 Å². The number of aryl methyl sites for hydroxylation is 2. The van der Waals surface area contributed by atoms with Crippen LogP contribution in [-0.4, -0.2) is 30.1 Å². The van der Waals surface area contributed by atoms with E-state index in [9.17, 15) is 4.79 Å². The molecule has 180 valence electrons. The van der Waals surface area contributed by atoms with E-state index < -0.39 is 0 Å². The van der Waals surface area contributed by atoms with Crippen LogP contribution in [0.4, 0.5) is 0 Å². The Kier molecular flexibility index (Phi) is 7.00. The van der Waals surface area contributed by atoms with Crippen LogP contribution in [0.1, 0.15) is 74.0 Å². The van der Waals surface area contributed by atoms with E-state index in [1.165, 1.54) is 4.88 Å². The maximum Gasteiger partial charge on any atom is 0.252 e. The van der Waals surface area contributed by atoms with Crippen molar-refractivity contribution in [3.8, 4) is 0 Å². The van der Waals surface area contributed by atoms with Crippen molar-refractivity contribution in [2.45, 2.75) is 79.1 Å². The Morgan fingerprint density at radius 1 is 1.18 bits per heavy atom. The van der Waals surface area contributed by atoms with Crippen LogP contribution in [0.15, 0.2) is 40.5 Å². The number of aromatic amines is 1. The lowest BCUT2D eigenvalue weighted by atomic mass is 10.0. The third-order valence-corrected chi connectivity index (χ3v) is 7.62. The second-order valence-corrected chi connectivity index (χ2v) is 10.7. The minimum atomic E-state index is -0.198. The zero-order valence-electron chi connectivity index (χ0n) is 20.9. The van der Waals surface area contributed by atoms with Crippen LogP contribution in [0.2, 0.25) is 0 Å². The standard InChI is InChI=1S/C26H34N6OS/c1-7-23(24-28-29-30-32(24)26(5,6)8-2)31(16-20-10-9-11-34-20)15-19-14-21-18(4)12-17(3)13-22(21)27-25(19)33/h9-14,23H,7-8,15-16H2,1-6H3,(H,27,33)/t23-/m1/s1. The van der Waals surface area contributed by atoms with Crippen LogP contribution < -0.4 is 5.56 Å². The molecule has 0 spiro atoms. The highest BCUT2D eigenvalue weighted by molar-refractivity contribution is 7.09. The van der Waals surface area contributed by atoms with Gasteiger partial charge >= 0.3 is 0 Å². The molecule has 1 aromatic carbocycles. The van der Waals surface area contributed by atoms with Gasteiger partial charge in [-0.15, -0.1) is 16.4 Å². The van der Waals surface area contributed by atoms with Crippen molar-refractivity contribution in [2.75, 3.05) is 0 Å². The van der Waals surface area contributed by atoms with E-state index in [4.69, 9.17) is 0 Å². The van der Waals surface area contributed by atoms with Crippen LogP contribution in [0.3, 0.4) is 0 Å². The van der Waals surface area contributed by atoms with E-state index in [0.717, 1.165) is 52.8 Å². The summed E-state index contributed by atoms with van der Waals surface area (Å²) in [5.74, 6) is 0.843. The van der Waals surface area contributed by atoms with Gasteiger partial charge in [-0.05, 0) is 85.7 Å². The number of hydrogen-bond donors (Lipinski definition) is 1. The summed E-state index contributed by atoms with van der Waals surface area (Å²) in [6.07, 6.45) is 1.74. The molecule has 0 amide bonds. The number of thiophene rings is 1.